The molecule has 162 valence electrons. The number of benzene rings is 3. The predicted octanol–water partition coefficient (Wildman–Crippen LogP) is 4.45. The molecule has 0 aliphatic rings. The Morgan fingerprint density at radius 2 is 1.78 bits per heavy atom. The second kappa shape index (κ2) is 9.20. The van der Waals surface area contributed by atoms with Gasteiger partial charge < -0.3 is 16.2 Å². The molecule has 0 spiro atoms. The van der Waals surface area contributed by atoms with Crippen molar-refractivity contribution in [2.24, 2.45) is 0 Å². The first-order valence-corrected chi connectivity index (χ1v) is 10.6. The van der Waals surface area contributed by atoms with E-state index in [-0.39, 0.29) is 12.5 Å². The number of hydrogen-bond acceptors (Lipinski definition) is 4. The van der Waals surface area contributed by atoms with E-state index in [4.69, 9.17) is 10.7 Å². The SMILES string of the molecule is Cc1cc(N)cc(CNC(=O)c2cccc(Cc3cccc4c(CO)cc(C)nc34)c2)c1. The van der Waals surface area contributed by atoms with Crippen LogP contribution in [0.15, 0.2) is 66.7 Å². The Balaban J connectivity index is 1.54. The molecular formula is C27H27N3O2. The molecule has 0 saturated heterocycles. The van der Waals surface area contributed by atoms with Crippen molar-refractivity contribution in [3.63, 3.8) is 0 Å². The molecule has 4 N–H and O–H groups in total. The fourth-order valence-corrected chi connectivity index (χ4v) is 4.12. The van der Waals surface area contributed by atoms with Gasteiger partial charge in [-0.2, -0.15) is 0 Å². The van der Waals surface area contributed by atoms with Gasteiger partial charge in [0.05, 0.1) is 12.1 Å². The molecule has 0 aliphatic carbocycles. The first kappa shape index (κ1) is 21.5. The molecule has 0 saturated carbocycles. The van der Waals surface area contributed by atoms with E-state index in [9.17, 15) is 9.90 Å². The number of anilines is 1. The highest BCUT2D eigenvalue weighted by atomic mass is 16.3. The minimum absolute atomic E-state index is 0.0223. The molecule has 5 nitrogen and oxygen atoms in total. The molecule has 3 aromatic carbocycles. The van der Waals surface area contributed by atoms with E-state index >= 15 is 0 Å². The second-order valence-corrected chi connectivity index (χ2v) is 8.21. The minimum atomic E-state index is -0.124. The lowest BCUT2D eigenvalue weighted by Crippen LogP contribution is -2.23. The number of nitrogen functional groups attached to an aromatic ring is 1. The van der Waals surface area contributed by atoms with Crippen LogP contribution in [0.2, 0.25) is 0 Å². The molecule has 1 aromatic heterocycles. The van der Waals surface area contributed by atoms with Crippen LogP contribution in [0.25, 0.3) is 10.9 Å². The third-order valence-corrected chi connectivity index (χ3v) is 5.50. The number of hydrogen-bond donors (Lipinski definition) is 3. The van der Waals surface area contributed by atoms with Crippen LogP contribution < -0.4 is 11.1 Å². The van der Waals surface area contributed by atoms with E-state index in [2.05, 4.69) is 5.32 Å². The normalized spacial score (nSPS) is 11.0. The van der Waals surface area contributed by atoms with Crippen molar-refractivity contribution in [1.29, 1.82) is 0 Å². The summed E-state index contributed by atoms with van der Waals surface area (Å²) >= 11 is 0. The van der Waals surface area contributed by atoms with Crippen molar-refractivity contribution in [2.75, 3.05) is 5.73 Å². The third-order valence-electron chi connectivity index (χ3n) is 5.50. The summed E-state index contributed by atoms with van der Waals surface area (Å²) in [6, 6.07) is 21.4. The van der Waals surface area contributed by atoms with E-state index in [1.807, 2.05) is 80.6 Å². The number of nitrogens with two attached hydrogens (primary N) is 1. The van der Waals surface area contributed by atoms with Crippen molar-refractivity contribution in [3.05, 3.63) is 106 Å². The van der Waals surface area contributed by atoms with Crippen molar-refractivity contribution in [1.82, 2.24) is 10.3 Å². The van der Waals surface area contributed by atoms with Gasteiger partial charge in [-0.3, -0.25) is 9.78 Å². The maximum atomic E-state index is 12.8. The van der Waals surface area contributed by atoms with Gasteiger partial charge in [-0.1, -0.05) is 36.4 Å². The van der Waals surface area contributed by atoms with E-state index in [0.717, 1.165) is 44.4 Å². The maximum absolute atomic E-state index is 12.8. The monoisotopic (exact) mass is 425 g/mol. The van der Waals surface area contributed by atoms with Gasteiger partial charge in [-0.15, -0.1) is 0 Å². The van der Waals surface area contributed by atoms with Gasteiger partial charge in [0, 0.05) is 28.9 Å². The summed E-state index contributed by atoms with van der Waals surface area (Å²) in [5.74, 6) is -0.124. The Hall–Kier alpha value is -3.70. The standard InChI is InChI=1S/C27H27N3O2/c1-17-9-20(14-24(28)10-17)15-29-27(32)22-7-3-5-19(13-22)12-21-6-4-8-25-23(16-31)11-18(2)30-26(21)25/h3-11,13-14,31H,12,15-16,28H2,1-2H3,(H,29,32). The number of aliphatic hydroxyl groups is 1. The third kappa shape index (κ3) is 4.79. The lowest BCUT2D eigenvalue weighted by Gasteiger charge is -2.11. The van der Waals surface area contributed by atoms with Crippen LogP contribution >= 0.6 is 0 Å². The summed E-state index contributed by atoms with van der Waals surface area (Å²) in [4.78, 5) is 17.5. The first-order valence-electron chi connectivity index (χ1n) is 10.6. The van der Waals surface area contributed by atoms with Crippen LogP contribution in [-0.4, -0.2) is 16.0 Å². The average Bonchev–Trinajstić information content (AvgIpc) is 2.77. The number of fused-ring (bicyclic) bond motifs is 1. The molecule has 4 aromatic rings. The zero-order valence-electron chi connectivity index (χ0n) is 18.4. The topological polar surface area (TPSA) is 88.2 Å². The highest BCUT2D eigenvalue weighted by Crippen LogP contribution is 2.24. The number of aryl methyl sites for hydroxylation is 2. The van der Waals surface area contributed by atoms with Crippen LogP contribution in [0.3, 0.4) is 0 Å². The van der Waals surface area contributed by atoms with Crippen molar-refractivity contribution < 1.29 is 9.90 Å². The predicted molar refractivity (Wildman–Crippen MR) is 128 cm³/mol. The van der Waals surface area contributed by atoms with Crippen LogP contribution in [-0.2, 0) is 19.6 Å². The number of nitrogens with one attached hydrogen (secondary N) is 1. The van der Waals surface area contributed by atoms with Gasteiger partial charge in [-0.05, 0) is 78.4 Å². The number of para-hydroxylation sites is 1. The van der Waals surface area contributed by atoms with Gasteiger partial charge in [0.25, 0.3) is 5.91 Å². The quantitative estimate of drug-likeness (QED) is 0.398. The number of carbonyl (C=O) groups is 1. The summed E-state index contributed by atoms with van der Waals surface area (Å²) in [6.45, 7) is 4.32. The molecule has 0 atom stereocenters. The van der Waals surface area contributed by atoms with Crippen molar-refractivity contribution >= 4 is 22.5 Å². The smallest absolute Gasteiger partial charge is 0.251 e. The largest absolute Gasteiger partial charge is 0.399 e. The summed E-state index contributed by atoms with van der Waals surface area (Å²) in [5, 5.41) is 13.7. The van der Waals surface area contributed by atoms with Crippen LogP contribution in [0.5, 0.6) is 0 Å². The molecule has 0 aliphatic heterocycles. The van der Waals surface area contributed by atoms with E-state index < -0.39 is 0 Å². The van der Waals surface area contributed by atoms with Gasteiger partial charge in [0.1, 0.15) is 0 Å². The lowest BCUT2D eigenvalue weighted by atomic mass is 9.98. The van der Waals surface area contributed by atoms with Gasteiger partial charge >= 0.3 is 0 Å². The number of rotatable bonds is 6. The van der Waals surface area contributed by atoms with Gasteiger partial charge in [-0.25, -0.2) is 0 Å². The molecule has 1 heterocycles. The zero-order chi connectivity index (χ0) is 22.7. The zero-order valence-corrected chi connectivity index (χ0v) is 18.4. The van der Waals surface area contributed by atoms with E-state index in [0.29, 0.717) is 24.2 Å². The highest BCUT2D eigenvalue weighted by Gasteiger charge is 2.11. The lowest BCUT2D eigenvalue weighted by molar-refractivity contribution is 0.0951. The summed E-state index contributed by atoms with van der Waals surface area (Å²) < 4.78 is 0. The summed E-state index contributed by atoms with van der Waals surface area (Å²) in [5.41, 5.74) is 14.0. The van der Waals surface area contributed by atoms with Crippen molar-refractivity contribution in [2.45, 2.75) is 33.4 Å². The number of carbonyl (C=O) groups excluding carboxylic acids is 1. The Kier molecular flexibility index (Phi) is 6.19. The highest BCUT2D eigenvalue weighted by molar-refractivity contribution is 5.94. The van der Waals surface area contributed by atoms with Gasteiger partial charge in [0.15, 0.2) is 0 Å². The molecular weight excluding hydrogens is 398 g/mol. The summed E-state index contributed by atoms with van der Waals surface area (Å²) in [6.07, 6.45) is 0.647. The molecule has 0 fully saturated rings. The van der Waals surface area contributed by atoms with Gasteiger partial charge in [0.2, 0.25) is 0 Å². The Labute approximate surface area is 187 Å². The fourth-order valence-electron chi connectivity index (χ4n) is 4.12. The molecule has 4 rings (SSSR count). The van der Waals surface area contributed by atoms with E-state index in [1.54, 1.807) is 0 Å². The number of aliphatic hydroxyl groups excluding tert-OH is 1. The minimum Gasteiger partial charge on any atom is -0.399 e. The number of aromatic nitrogens is 1. The van der Waals surface area contributed by atoms with Crippen molar-refractivity contribution in [3.8, 4) is 0 Å². The average molecular weight is 426 g/mol. The molecule has 0 radical (unpaired) electrons. The number of pyridine rings is 1. The molecule has 0 bridgehead atoms. The Morgan fingerprint density at radius 1 is 0.969 bits per heavy atom. The molecule has 1 amide bonds. The summed E-state index contributed by atoms with van der Waals surface area (Å²) in [7, 11) is 0. The molecule has 32 heavy (non-hydrogen) atoms. The maximum Gasteiger partial charge on any atom is 0.251 e. The first-order chi connectivity index (χ1) is 15.4. The Morgan fingerprint density at radius 3 is 2.56 bits per heavy atom. The number of nitrogens with zero attached hydrogens (tertiary/aromatic N) is 1. The van der Waals surface area contributed by atoms with Crippen LogP contribution in [0, 0.1) is 13.8 Å². The number of amides is 1. The van der Waals surface area contributed by atoms with Crippen LogP contribution in [0.1, 0.15) is 43.9 Å². The molecule has 5 heteroatoms. The fraction of sp³-hybridized carbons (Fsp3) is 0.185. The molecule has 0 unspecified atom stereocenters. The van der Waals surface area contributed by atoms with E-state index in [1.165, 1.54) is 0 Å². The Bertz CT molecular complexity index is 1280. The van der Waals surface area contributed by atoms with Crippen LogP contribution in [0.4, 0.5) is 5.69 Å². The second-order valence-electron chi connectivity index (χ2n) is 8.21.